The molecule has 0 unspecified atom stereocenters. The van der Waals surface area contributed by atoms with Gasteiger partial charge in [-0.2, -0.15) is 0 Å². The highest BCUT2D eigenvalue weighted by Gasteiger charge is 2.19. The van der Waals surface area contributed by atoms with Crippen molar-refractivity contribution in [2.45, 2.75) is 31.8 Å². The summed E-state index contributed by atoms with van der Waals surface area (Å²) in [5, 5.41) is 3.41. The van der Waals surface area contributed by atoms with Crippen LogP contribution < -0.4 is 11.0 Å². The Morgan fingerprint density at radius 3 is 3.14 bits per heavy atom. The van der Waals surface area contributed by atoms with Crippen LogP contribution in [0.2, 0.25) is 0 Å². The first-order valence-corrected chi connectivity index (χ1v) is 5.11. The van der Waals surface area contributed by atoms with Gasteiger partial charge in [-0.05, 0) is 31.9 Å². The smallest absolute Gasteiger partial charge is 0.314 e. The minimum absolute atomic E-state index is 0.154. The van der Waals surface area contributed by atoms with Crippen LogP contribution in [0.15, 0.2) is 23.3 Å². The van der Waals surface area contributed by atoms with E-state index in [2.05, 4.69) is 10.3 Å². The Balaban J connectivity index is 1.73. The van der Waals surface area contributed by atoms with E-state index in [1.807, 2.05) is 0 Å². The number of nitrogens with zero attached hydrogens (tertiary/aromatic N) is 2. The lowest BCUT2D eigenvalue weighted by Crippen LogP contribution is -2.24. The molecule has 0 radical (unpaired) electrons. The summed E-state index contributed by atoms with van der Waals surface area (Å²) in [5.41, 5.74) is -0.154. The van der Waals surface area contributed by atoms with Crippen LogP contribution in [-0.2, 0) is 6.54 Å². The van der Waals surface area contributed by atoms with Gasteiger partial charge in [-0.3, -0.25) is 4.57 Å². The van der Waals surface area contributed by atoms with Crippen molar-refractivity contribution in [2.24, 2.45) is 0 Å². The number of rotatable bonds is 5. The highest BCUT2D eigenvalue weighted by molar-refractivity contribution is 4.82. The number of aromatic nitrogens is 2. The first-order valence-electron chi connectivity index (χ1n) is 5.11. The summed E-state index contributed by atoms with van der Waals surface area (Å²) in [7, 11) is 0. The predicted octanol–water partition coefficient (Wildman–Crippen LogP) is 0.385. The SMILES string of the molecule is O=c1ncccn1CCCNC1CC1. The fourth-order valence-electron chi connectivity index (χ4n) is 1.40. The lowest BCUT2D eigenvalue weighted by molar-refractivity contribution is 0.561. The van der Waals surface area contributed by atoms with Crippen LogP contribution in [0.1, 0.15) is 19.3 Å². The zero-order valence-electron chi connectivity index (χ0n) is 8.15. The number of aryl methyl sites for hydroxylation is 1. The average molecular weight is 193 g/mol. The molecule has 0 amide bonds. The fraction of sp³-hybridized carbons (Fsp3) is 0.600. The van der Waals surface area contributed by atoms with Gasteiger partial charge >= 0.3 is 5.69 Å². The highest BCUT2D eigenvalue weighted by Crippen LogP contribution is 2.18. The molecule has 1 aliphatic rings. The van der Waals surface area contributed by atoms with E-state index in [0.717, 1.165) is 25.6 Å². The third kappa shape index (κ3) is 2.67. The van der Waals surface area contributed by atoms with Crippen molar-refractivity contribution < 1.29 is 0 Å². The molecule has 14 heavy (non-hydrogen) atoms. The van der Waals surface area contributed by atoms with Crippen LogP contribution >= 0.6 is 0 Å². The van der Waals surface area contributed by atoms with Gasteiger partial charge in [0.1, 0.15) is 0 Å². The van der Waals surface area contributed by atoms with Crippen LogP contribution in [-0.4, -0.2) is 22.1 Å². The molecule has 0 atom stereocenters. The second kappa shape index (κ2) is 4.37. The van der Waals surface area contributed by atoms with Crippen LogP contribution in [0.25, 0.3) is 0 Å². The number of hydrogen-bond donors (Lipinski definition) is 1. The largest absolute Gasteiger partial charge is 0.347 e. The van der Waals surface area contributed by atoms with E-state index in [-0.39, 0.29) is 5.69 Å². The van der Waals surface area contributed by atoms with Gasteiger partial charge in [0.25, 0.3) is 0 Å². The Hall–Kier alpha value is -1.16. The average Bonchev–Trinajstić information content (AvgIpc) is 2.99. The minimum Gasteiger partial charge on any atom is -0.314 e. The Morgan fingerprint density at radius 1 is 1.57 bits per heavy atom. The molecule has 1 saturated carbocycles. The summed E-state index contributed by atoms with van der Waals surface area (Å²) in [6, 6.07) is 2.54. The lowest BCUT2D eigenvalue weighted by Gasteiger charge is -2.04. The van der Waals surface area contributed by atoms with Gasteiger partial charge in [-0.25, -0.2) is 9.78 Å². The first kappa shape index (κ1) is 9.40. The van der Waals surface area contributed by atoms with Crippen LogP contribution in [0.5, 0.6) is 0 Å². The zero-order valence-corrected chi connectivity index (χ0v) is 8.15. The van der Waals surface area contributed by atoms with Crippen molar-refractivity contribution >= 4 is 0 Å². The molecule has 1 heterocycles. The molecular weight excluding hydrogens is 178 g/mol. The van der Waals surface area contributed by atoms with E-state index in [1.165, 1.54) is 19.0 Å². The third-order valence-electron chi connectivity index (χ3n) is 2.37. The molecule has 1 fully saturated rings. The second-order valence-corrected chi connectivity index (χ2v) is 3.68. The molecule has 0 aliphatic heterocycles. The molecule has 1 N–H and O–H groups in total. The van der Waals surface area contributed by atoms with E-state index in [1.54, 1.807) is 16.8 Å². The Morgan fingerprint density at radius 2 is 2.43 bits per heavy atom. The van der Waals surface area contributed by atoms with Gasteiger partial charge in [0.15, 0.2) is 0 Å². The second-order valence-electron chi connectivity index (χ2n) is 3.68. The van der Waals surface area contributed by atoms with Crippen LogP contribution in [0.3, 0.4) is 0 Å². The Labute approximate surface area is 83.0 Å². The molecule has 0 spiro atoms. The Kier molecular flexibility index (Phi) is 2.93. The molecule has 0 aromatic carbocycles. The zero-order chi connectivity index (χ0) is 9.80. The predicted molar refractivity (Wildman–Crippen MR) is 54.1 cm³/mol. The normalized spacial score (nSPS) is 15.7. The summed E-state index contributed by atoms with van der Waals surface area (Å²) in [5.74, 6) is 0. The fourth-order valence-corrected chi connectivity index (χ4v) is 1.40. The van der Waals surface area contributed by atoms with Crippen LogP contribution in [0, 0.1) is 0 Å². The van der Waals surface area contributed by atoms with Crippen molar-refractivity contribution in [1.29, 1.82) is 0 Å². The van der Waals surface area contributed by atoms with Crippen molar-refractivity contribution in [3.63, 3.8) is 0 Å². The van der Waals surface area contributed by atoms with Crippen molar-refractivity contribution in [2.75, 3.05) is 6.54 Å². The molecule has 2 rings (SSSR count). The summed E-state index contributed by atoms with van der Waals surface area (Å²) >= 11 is 0. The summed E-state index contributed by atoms with van der Waals surface area (Å²) in [6.07, 6.45) is 6.93. The van der Waals surface area contributed by atoms with E-state index >= 15 is 0 Å². The van der Waals surface area contributed by atoms with E-state index in [4.69, 9.17) is 0 Å². The maximum Gasteiger partial charge on any atom is 0.347 e. The third-order valence-corrected chi connectivity index (χ3v) is 2.37. The lowest BCUT2D eigenvalue weighted by atomic mass is 10.4. The minimum atomic E-state index is -0.154. The molecule has 1 aromatic rings. The molecule has 4 nitrogen and oxygen atoms in total. The van der Waals surface area contributed by atoms with Gasteiger partial charge in [-0.1, -0.05) is 0 Å². The summed E-state index contributed by atoms with van der Waals surface area (Å²) < 4.78 is 1.65. The van der Waals surface area contributed by atoms with Gasteiger partial charge in [-0.15, -0.1) is 0 Å². The Bertz CT molecular complexity index is 343. The van der Waals surface area contributed by atoms with Crippen LogP contribution in [0.4, 0.5) is 0 Å². The summed E-state index contributed by atoms with van der Waals surface area (Å²) in [6.45, 7) is 1.75. The van der Waals surface area contributed by atoms with Crippen molar-refractivity contribution in [3.8, 4) is 0 Å². The monoisotopic (exact) mass is 193 g/mol. The molecule has 76 valence electrons. The van der Waals surface area contributed by atoms with Gasteiger partial charge in [0.05, 0.1) is 0 Å². The molecular formula is C10H15N3O. The standard InChI is InChI=1S/C10H15N3O/c14-10-12-6-2-8-13(10)7-1-5-11-9-3-4-9/h2,6,8-9,11H,1,3-5,7H2. The maximum atomic E-state index is 11.2. The van der Waals surface area contributed by atoms with E-state index in [0.29, 0.717) is 0 Å². The first-order chi connectivity index (χ1) is 6.86. The van der Waals surface area contributed by atoms with E-state index < -0.39 is 0 Å². The molecule has 0 bridgehead atoms. The quantitative estimate of drug-likeness (QED) is 0.688. The van der Waals surface area contributed by atoms with Gasteiger partial charge in [0.2, 0.25) is 0 Å². The molecule has 1 aromatic heterocycles. The molecule has 1 aliphatic carbocycles. The molecule has 0 saturated heterocycles. The number of nitrogens with one attached hydrogen (secondary N) is 1. The van der Waals surface area contributed by atoms with Gasteiger partial charge < -0.3 is 5.32 Å². The van der Waals surface area contributed by atoms with Crippen molar-refractivity contribution in [1.82, 2.24) is 14.9 Å². The van der Waals surface area contributed by atoms with Crippen molar-refractivity contribution in [3.05, 3.63) is 28.9 Å². The highest BCUT2D eigenvalue weighted by atomic mass is 16.1. The maximum absolute atomic E-state index is 11.2. The number of hydrogen-bond acceptors (Lipinski definition) is 3. The summed E-state index contributed by atoms with van der Waals surface area (Å²) in [4.78, 5) is 14.9. The molecule has 4 heteroatoms. The van der Waals surface area contributed by atoms with Gasteiger partial charge in [0, 0.05) is 25.0 Å². The van der Waals surface area contributed by atoms with E-state index in [9.17, 15) is 4.79 Å². The topological polar surface area (TPSA) is 46.9 Å².